The van der Waals surface area contributed by atoms with Crippen molar-refractivity contribution in [1.82, 2.24) is 5.32 Å². The fourth-order valence-corrected chi connectivity index (χ4v) is 3.59. The largest absolute Gasteiger partial charge is 0.502 e. The Morgan fingerprint density at radius 2 is 1.16 bits per heavy atom. The van der Waals surface area contributed by atoms with Crippen LogP contribution in [0.5, 0.6) is 0 Å². The van der Waals surface area contributed by atoms with E-state index in [1.165, 1.54) is 0 Å². The van der Waals surface area contributed by atoms with Crippen LogP contribution in [0.25, 0.3) is 0 Å². The summed E-state index contributed by atoms with van der Waals surface area (Å²) in [5.74, 6) is -2.01. The van der Waals surface area contributed by atoms with Crippen LogP contribution in [-0.2, 0) is 55.4 Å². The molecule has 0 aliphatic heterocycles. The Hall–Kier alpha value is -2.35. The van der Waals surface area contributed by atoms with Crippen molar-refractivity contribution in [2.24, 2.45) is 0 Å². The van der Waals surface area contributed by atoms with Gasteiger partial charge in [-0.25, -0.2) is 9.45 Å². The van der Waals surface area contributed by atoms with Crippen molar-refractivity contribution in [3.05, 3.63) is 71.8 Å². The van der Waals surface area contributed by atoms with Crippen molar-refractivity contribution in [3.8, 4) is 0 Å². The van der Waals surface area contributed by atoms with Gasteiger partial charge in [-0.15, -0.1) is 4.67 Å². The van der Waals surface area contributed by atoms with Gasteiger partial charge in [0, 0.05) is 6.54 Å². The molecule has 0 fully saturated rings. The zero-order chi connectivity index (χ0) is 27.5. The van der Waals surface area contributed by atoms with E-state index in [4.69, 9.17) is 32.8 Å². The molecule has 2 rings (SSSR count). The molecule has 0 aliphatic carbocycles. The van der Waals surface area contributed by atoms with E-state index in [-0.39, 0.29) is 66.0 Å². The third kappa shape index (κ3) is 14.6. The highest BCUT2D eigenvalue weighted by Gasteiger charge is 2.38. The molecular formula is C24H31F3NO9P. The van der Waals surface area contributed by atoms with E-state index in [2.05, 4.69) is 0 Å². The molecule has 0 unspecified atom stereocenters. The second kappa shape index (κ2) is 18.0. The number of carbonyl (C=O) groups is 1. The van der Waals surface area contributed by atoms with Crippen LogP contribution < -0.4 is 5.32 Å². The minimum Gasteiger partial charge on any atom is -0.377 e. The molecule has 0 saturated heterocycles. The SMILES string of the molecule is O=C(NCCOCCOCCOCCOOP(=O)(OCc1ccccc1)OCc1ccccc1)C(F)(F)F. The molecule has 2 aromatic rings. The predicted molar refractivity (Wildman–Crippen MR) is 129 cm³/mol. The van der Waals surface area contributed by atoms with Gasteiger partial charge in [-0.3, -0.25) is 13.8 Å². The molecule has 0 aliphatic rings. The summed E-state index contributed by atoms with van der Waals surface area (Å²) in [6, 6.07) is 18.2. The fourth-order valence-electron chi connectivity index (χ4n) is 2.61. The Kier molecular flexibility index (Phi) is 15.1. The molecule has 0 bridgehead atoms. The molecule has 2 aromatic carbocycles. The van der Waals surface area contributed by atoms with Crippen molar-refractivity contribution in [2.45, 2.75) is 19.4 Å². The number of ether oxygens (including phenoxy) is 3. The zero-order valence-corrected chi connectivity index (χ0v) is 21.5. The number of benzene rings is 2. The molecule has 38 heavy (non-hydrogen) atoms. The topological polar surface area (TPSA) is 111 Å². The lowest BCUT2D eigenvalue weighted by Crippen LogP contribution is -2.38. The second-order valence-corrected chi connectivity index (χ2v) is 9.01. The summed E-state index contributed by atoms with van der Waals surface area (Å²) in [6.45, 7) is 0.489. The Bertz CT molecular complexity index is 905. The van der Waals surface area contributed by atoms with Gasteiger partial charge >= 0.3 is 19.9 Å². The lowest BCUT2D eigenvalue weighted by molar-refractivity contribution is -0.235. The van der Waals surface area contributed by atoms with Gasteiger partial charge in [-0.05, 0) is 11.1 Å². The lowest BCUT2D eigenvalue weighted by Gasteiger charge is -2.17. The fraction of sp³-hybridized carbons (Fsp3) is 0.458. The highest BCUT2D eigenvalue weighted by atomic mass is 31.2. The van der Waals surface area contributed by atoms with Gasteiger partial charge in [0.15, 0.2) is 0 Å². The number of hydrogen-bond donors (Lipinski definition) is 1. The summed E-state index contributed by atoms with van der Waals surface area (Å²) in [7, 11) is -4.04. The van der Waals surface area contributed by atoms with E-state index in [0.717, 1.165) is 11.1 Å². The van der Waals surface area contributed by atoms with Crippen LogP contribution in [0.4, 0.5) is 13.2 Å². The van der Waals surface area contributed by atoms with Gasteiger partial charge in [-0.2, -0.15) is 13.2 Å². The Labute approximate surface area is 218 Å². The van der Waals surface area contributed by atoms with Crippen molar-refractivity contribution in [3.63, 3.8) is 0 Å². The van der Waals surface area contributed by atoms with Crippen molar-refractivity contribution < 1.29 is 55.4 Å². The van der Waals surface area contributed by atoms with Gasteiger partial charge in [-0.1, -0.05) is 60.7 Å². The molecule has 0 spiro atoms. The molecule has 10 nitrogen and oxygen atoms in total. The van der Waals surface area contributed by atoms with Crippen molar-refractivity contribution in [2.75, 3.05) is 52.8 Å². The van der Waals surface area contributed by atoms with Crippen LogP contribution in [0.15, 0.2) is 60.7 Å². The third-order valence-electron chi connectivity index (χ3n) is 4.45. The van der Waals surface area contributed by atoms with Crippen LogP contribution in [0.2, 0.25) is 0 Å². The van der Waals surface area contributed by atoms with Crippen LogP contribution in [0.3, 0.4) is 0 Å². The maximum atomic E-state index is 13.0. The minimum atomic E-state index is -4.91. The zero-order valence-electron chi connectivity index (χ0n) is 20.6. The van der Waals surface area contributed by atoms with Gasteiger partial charge < -0.3 is 19.5 Å². The quantitative estimate of drug-likeness (QED) is 0.109. The highest BCUT2D eigenvalue weighted by Crippen LogP contribution is 2.51. The second-order valence-electron chi connectivity index (χ2n) is 7.45. The van der Waals surface area contributed by atoms with Crippen molar-refractivity contribution in [1.29, 1.82) is 0 Å². The summed E-state index contributed by atoms with van der Waals surface area (Å²) in [5.41, 5.74) is 1.56. The molecule has 0 atom stereocenters. The molecule has 0 heterocycles. The van der Waals surface area contributed by atoms with E-state index in [9.17, 15) is 22.5 Å². The summed E-state index contributed by atoms with van der Waals surface area (Å²) in [4.78, 5) is 15.6. The van der Waals surface area contributed by atoms with Crippen LogP contribution in [-0.4, -0.2) is 64.9 Å². The average Bonchev–Trinajstić information content (AvgIpc) is 2.91. The normalized spacial score (nSPS) is 12.0. The van der Waals surface area contributed by atoms with Gasteiger partial charge in [0.05, 0.1) is 52.9 Å². The molecule has 14 heteroatoms. The monoisotopic (exact) mass is 565 g/mol. The summed E-state index contributed by atoms with van der Waals surface area (Å²) < 4.78 is 80.5. The first kappa shape index (κ1) is 31.9. The van der Waals surface area contributed by atoms with Gasteiger partial charge in [0.2, 0.25) is 0 Å². The summed E-state index contributed by atoms with van der Waals surface area (Å²) >= 11 is 0. The molecule has 0 aromatic heterocycles. The summed E-state index contributed by atoms with van der Waals surface area (Å²) in [6.07, 6.45) is -4.91. The standard InChI is InChI=1S/C24H31F3NO9P/c25-24(26,27)23(29)28-11-12-31-13-14-32-15-16-33-17-18-34-37-38(30,35-19-21-7-3-1-4-8-21)36-20-22-9-5-2-6-10-22/h1-10H,11-20H2,(H,28,29). The van der Waals surface area contributed by atoms with E-state index in [1.807, 2.05) is 60.7 Å². The van der Waals surface area contributed by atoms with Gasteiger partial charge in [0.1, 0.15) is 6.61 Å². The summed E-state index contributed by atoms with van der Waals surface area (Å²) in [5, 5.41) is 1.69. The number of phosphoric ester groups is 1. The average molecular weight is 565 g/mol. The van der Waals surface area contributed by atoms with Crippen LogP contribution in [0.1, 0.15) is 11.1 Å². The van der Waals surface area contributed by atoms with Crippen molar-refractivity contribution >= 4 is 13.7 Å². The Morgan fingerprint density at radius 1 is 0.711 bits per heavy atom. The first-order valence-electron chi connectivity index (χ1n) is 11.6. The number of alkyl halides is 3. The van der Waals surface area contributed by atoms with Crippen LogP contribution >= 0.6 is 7.82 Å². The molecular weight excluding hydrogens is 534 g/mol. The minimum absolute atomic E-state index is 0.00395. The number of rotatable bonds is 20. The van der Waals surface area contributed by atoms with E-state index in [1.54, 1.807) is 5.32 Å². The number of halogens is 3. The Balaban J connectivity index is 1.54. The third-order valence-corrected chi connectivity index (χ3v) is 5.63. The van der Waals surface area contributed by atoms with E-state index < -0.39 is 19.9 Å². The number of nitrogens with one attached hydrogen (secondary N) is 1. The maximum Gasteiger partial charge on any atom is 0.502 e. The molecule has 212 valence electrons. The van der Waals surface area contributed by atoms with E-state index in [0.29, 0.717) is 0 Å². The maximum absolute atomic E-state index is 13.0. The molecule has 1 amide bonds. The molecule has 0 radical (unpaired) electrons. The van der Waals surface area contributed by atoms with E-state index >= 15 is 0 Å². The number of hydrogen-bond acceptors (Lipinski definition) is 9. The number of phosphoric acid groups is 1. The lowest BCUT2D eigenvalue weighted by atomic mass is 10.2. The molecule has 1 N–H and O–H groups in total. The smallest absolute Gasteiger partial charge is 0.377 e. The Morgan fingerprint density at radius 3 is 1.63 bits per heavy atom. The number of carbonyl (C=O) groups excluding carboxylic acids is 1. The van der Waals surface area contributed by atoms with Gasteiger partial charge in [0.25, 0.3) is 0 Å². The first-order valence-corrected chi connectivity index (χ1v) is 13.1. The highest BCUT2D eigenvalue weighted by molar-refractivity contribution is 7.48. The number of amides is 1. The predicted octanol–water partition coefficient (Wildman–Crippen LogP) is 4.20. The molecule has 0 saturated carbocycles. The van der Waals surface area contributed by atoms with Crippen LogP contribution in [0, 0.1) is 0 Å². The first-order chi connectivity index (χ1) is 18.3.